The Bertz CT molecular complexity index is 844. The van der Waals surface area contributed by atoms with E-state index in [9.17, 15) is 0 Å². The van der Waals surface area contributed by atoms with Gasteiger partial charge < -0.3 is 10.2 Å². The molecule has 0 amide bonds. The SMILES string of the molecule is Cc1cccc(-c2[nH]ncc2CNCC2CCCN2c2cccnn2)c1. The summed E-state index contributed by atoms with van der Waals surface area (Å²) in [5, 5.41) is 19.3. The third-order valence-corrected chi connectivity index (χ3v) is 4.95. The van der Waals surface area contributed by atoms with E-state index in [0.29, 0.717) is 6.04 Å². The lowest BCUT2D eigenvalue weighted by Gasteiger charge is -2.25. The van der Waals surface area contributed by atoms with Crippen molar-refractivity contribution in [2.75, 3.05) is 18.0 Å². The molecule has 2 aromatic heterocycles. The van der Waals surface area contributed by atoms with Crippen LogP contribution >= 0.6 is 0 Å². The summed E-state index contributed by atoms with van der Waals surface area (Å²) in [6, 6.07) is 12.9. The van der Waals surface area contributed by atoms with E-state index in [-0.39, 0.29) is 0 Å². The third-order valence-electron chi connectivity index (χ3n) is 4.95. The molecule has 0 spiro atoms. The van der Waals surface area contributed by atoms with Gasteiger partial charge in [-0.3, -0.25) is 5.10 Å². The van der Waals surface area contributed by atoms with E-state index in [1.54, 1.807) is 6.20 Å². The number of H-pyrrole nitrogens is 1. The van der Waals surface area contributed by atoms with E-state index in [0.717, 1.165) is 31.1 Å². The molecular formula is C20H24N6. The number of aryl methyl sites for hydroxylation is 1. The maximum atomic E-state index is 4.26. The molecule has 1 atom stereocenters. The Labute approximate surface area is 153 Å². The lowest BCUT2D eigenvalue weighted by Crippen LogP contribution is -2.38. The van der Waals surface area contributed by atoms with Gasteiger partial charge in [0.05, 0.1) is 11.9 Å². The Kier molecular flexibility index (Phi) is 4.93. The van der Waals surface area contributed by atoms with E-state index >= 15 is 0 Å². The molecule has 1 fully saturated rings. The van der Waals surface area contributed by atoms with E-state index in [1.807, 2.05) is 18.3 Å². The van der Waals surface area contributed by atoms with Crippen molar-refractivity contribution in [1.82, 2.24) is 25.7 Å². The molecule has 1 unspecified atom stereocenters. The minimum absolute atomic E-state index is 0.459. The topological polar surface area (TPSA) is 69.7 Å². The van der Waals surface area contributed by atoms with Gasteiger partial charge in [-0.2, -0.15) is 10.2 Å². The van der Waals surface area contributed by atoms with E-state index in [1.165, 1.54) is 29.5 Å². The van der Waals surface area contributed by atoms with Crippen LogP contribution in [0.3, 0.4) is 0 Å². The van der Waals surface area contributed by atoms with E-state index in [2.05, 4.69) is 61.8 Å². The number of aromatic nitrogens is 4. The highest BCUT2D eigenvalue weighted by Gasteiger charge is 2.25. The molecule has 4 rings (SSSR count). The summed E-state index contributed by atoms with van der Waals surface area (Å²) in [6.45, 7) is 4.88. The van der Waals surface area contributed by atoms with Crippen molar-refractivity contribution in [3.05, 3.63) is 59.9 Å². The largest absolute Gasteiger partial charge is 0.351 e. The Morgan fingerprint density at radius 3 is 3.08 bits per heavy atom. The van der Waals surface area contributed by atoms with Crippen LogP contribution in [0.15, 0.2) is 48.8 Å². The monoisotopic (exact) mass is 348 g/mol. The number of nitrogens with one attached hydrogen (secondary N) is 2. The van der Waals surface area contributed by atoms with Gasteiger partial charge >= 0.3 is 0 Å². The van der Waals surface area contributed by atoms with Crippen molar-refractivity contribution in [2.45, 2.75) is 32.4 Å². The van der Waals surface area contributed by atoms with Gasteiger partial charge in [-0.05, 0) is 38.0 Å². The number of aromatic amines is 1. The summed E-state index contributed by atoms with van der Waals surface area (Å²) in [6.07, 6.45) is 6.02. The summed E-state index contributed by atoms with van der Waals surface area (Å²) >= 11 is 0. The Morgan fingerprint density at radius 2 is 2.23 bits per heavy atom. The number of nitrogens with zero attached hydrogens (tertiary/aromatic N) is 4. The molecule has 3 aromatic rings. The van der Waals surface area contributed by atoms with Crippen LogP contribution in [0.5, 0.6) is 0 Å². The van der Waals surface area contributed by atoms with Crippen LogP contribution in [0.1, 0.15) is 24.0 Å². The smallest absolute Gasteiger partial charge is 0.151 e. The zero-order valence-electron chi connectivity index (χ0n) is 15.0. The van der Waals surface area contributed by atoms with Gasteiger partial charge in [0, 0.05) is 43.0 Å². The van der Waals surface area contributed by atoms with Crippen LogP contribution in [0, 0.1) is 6.92 Å². The molecule has 1 aliphatic heterocycles. The molecule has 134 valence electrons. The molecule has 6 heteroatoms. The van der Waals surface area contributed by atoms with Crippen molar-refractivity contribution < 1.29 is 0 Å². The van der Waals surface area contributed by atoms with E-state index in [4.69, 9.17) is 0 Å². The quantitative estimate of drug-likeness (QED) is 0.717. The Balaban J connectivity index is 1.39. The lowest BCUT2D eigenvalue weighted by atomic mass is 10.1. The highest BCUT2D eigenvalue weighted by molar-refractivity contribution is 5.63. The van der Waals surface area contributed by atoms with Crippen LogP contribution in [0.25, 0.3) is 11.3 Å². The molecule has 0 aliphatic carbocycles. The molecular weight excluding hydrogens is 324 g/mol. The molecule has 1 aliphatic rings. The molecule has 26 heavy (non-hydrogen) atoms. The van der Waals surface area contributed by atoms with Gasteiger partial charge in [0.25, 0.3) is 0 Å². The van der Waals surface area contributed by atoms with Gasteiger partial charge in [0.2, 0.25) is 0 Å². The summed E-state index contributed by atoms with van der Waals surface area (Å²) in [5.74, 6) is 0.973. The molecule has 1 aromatic carbocycles. The van der Waals surface area contributed by atoms with Gasteiger partial charge in [-0.25, -0.2) is 0 Å². The van der Waals surface area contributed by atoms with Crippen LogP contribution in [0.2, 0.25) is 0 Å². The fourth-order valence-corrected chi connectivity index (χ4v) is 3.67. The van der Waals surface area contributed by atoms with Crippen LogP contribution in [-0.2, 0) is 6.54 Å². The molecule has 3 heterocycles. The summed E-state index contributed by atoms with van der Waals surface area (Å²) in [5.41, 5.74) is 4.72. The standard InChI is InChI=1S/C20H24N6/c1-15-5-2-6-16(11-15)20-17(13-23-25-20)12-21-14-18-7-4-10-26(18)19-8-3-9-22-24-19/h2-3,5-6,8-9,11,13,18,21H,4,7,10,12,14H2,1H3,(H,23,25). The molecule has 0 saturated carbocycles. The van der Waals surface area contributed by atoms with Crippen molar-refractivity contribution >= 4 is 5.82 Å². The first kappa shape index (κ1) is 16.7. The van der Waals surface area contributed by atoms with Crippen LogP contribution in [-0.4, -0.2) is 39.5 Å². The summed E-state index contributed by atoms with van der Waals surface area (Å²) in [4.78, 5) is 2.36. The highest BCUT2D eigenvalue weighted by Crippen LogP contribution is 2.24. The number of anilines is 1. The zero-order valence-corrected chi connectivity index (χ0v) is 15.0. The van der Waals surface area contributed by atoms with Crippen molar-refractivity contribution in [2.24, 2.45) is 0 Å². The molecule has 2 N–H and O–H groups in total. The Hall–Kier alpha value is -2.73. The number of rotatable bonds is 6. The zero-order chi connectivity index (χ0) is 17.8. The number of hydrogen-bond donors (Lipinski definition) is 2. The fraction of sp³-hybridized carbons (Fsp3) is 0.350. The van der Waals surface area contributed by atoms with Crippen molar-refractivity contribution in [1.29, 1.82) is 0 Å². The number of benzene rings is 1. The first-order valence-corrected chi connectivity index (χ1v) is 9.15. The number of hydrogen-bond acceptors (Lipinski definition) is 5. The third kappa shape index (κ3) is 3.60. The predicted molar refractivity (Wildman–Crippen MR) is 103 cm³/mol. The maximum Gasteiger partial charge on any atom is 0.151 e. The summed E-state index contributed by atoms with van der Waals surface area (Å²) < 4.78 is 0. The summed E-state index contributed by atoms with van der Waals surface area (Å²) in [7, 11) is 0. The maximum absolute atomic E-state index is 4.26. The fourth-order valence-electron chi connectivity index (χ4n) is 3.67. The van der Waals surface area contributed by atoms with Crippen LogP contribution < -0.4 is 10.2 Å². The minimum atomic E-state index is 0.459. The average molecular weight is 348 g/mol. The highest BCUT2D eigenvalue weighted by atomic mass is 15.3. The van der Waals surface area contributed by atoms with Crippen molar-refractivity contribution in [3.63, 3.8) is 0 Å². The predicted octanol–water partition coefficient (Wildman–Crippen LogP) is 2.93. The second kappa shape index (κ2) is 7.66. The first-order valence-electron chi connectivity index (χ1n) is 9.15. The van der Waals surface area contributed by atoms with Gasteiger partial charge in [-0.1, -0.05) is 23.8 Å². The van der Waals surface area contributed by atoms with Gasteiger partial charge in [0.15, 0.2) is 5.82 Å². The lowest BCUT2D eigenvalue weighted by molar-refractivity contribution is 0.570. The molecule has 0 bridgehead atoms. The molecule has 0 radical (unpaired) electrons. The molecule has 6 nitrogen and oxygen atoms in total. The van der Waals surface area contributed by atoms with Crippen molar-refractivity contribution in [3.8, 4) is 11.3 Å². The Morgan fingerprint density at radius 1 is 1.27 bits per heavy atom. The van der Waals surface area contributed by atoms with Crippen LogP contribution in [0.4, 0.5) is 5.82 Å². The van der Waals surface area contributed by atoms with Gasteiger partial charge in [-0.15, -0.1) is 5.10 Å². The second-order valence-electron chi connectivity index (χ2n) is 6.84. The molecule has 1 saturated heterocycles. The average Bonchev–Trinajstić information content (AvgIpc) is 3.32. The minimum Gasteiger partial charge on any atom is -0.351 e. The van der Waals surface area contributed by atoms with E-state index < -0.39 is 0 Å². The first-order chi connectivity index (χ1) is 12.8. The van der Waals surface area contributed by atoms with Gasteiger partial charge in [0.1, 0.15) is 0 Å². The second-order valence-corrected chi connectivity index (χ2v) is 6.84. The normalized spacial score (nSPS) is 17.0.